The number of aromatic nitrogens is 2. The monoisotopic (exact) mass is 434 g/mol. The van der Waals surface area contributed by atoms with E-state index in [1.54, 1.807) is 19.2 Å². The molecule has 1 atom stereocenters. The molecule has 1 aliphatic rings. The molecule has 1 fully saturated rings. The second-order valence-electron chi connectivity index (χ2n) is 7.61. The smallest absolute Gasteiger partial charge is 0.323 e. The Morgan fingerprint density at radius 2 is 2.03 bits per heavy atom. The molecule has 3 aromatic rings. The number of benzene rings is 2. The standard InChI is InChI=1S/C23H26N6O3/c1-29(23(31)25-13-15-7-4-3-5-8-15)21-16-11-19(28-22(30)17-9-6-10-24-17)20(32-2)12-18(16)26-14-27-21/h3-5,7-8,11-12,14,17,24H,6,9-10,13H2,1-2H3,(H,25,31)(H,28,30)/t17-/m0/s1. The number of hydrogen-bond donors (Lipinski definition) is 3. The van der Waals surface area contributed by atoms with Crippen LogP contribution in [0.3, 0.4) is 0 Å². The average Bonchev–Trinajstić information content (AvgIpc) is 3.37. The Balaban J connectivity index is 1.59. The highest BCUT2D eigenvalue weighted by Gasteiger charge is 2.24. The quantitative estimate of drug-likeness (QED) is 0.551. The minimum atomic E-state index is -0.301. The second kappa shape index (κ2) is 9.61. The van der Waals surface area contributed by atoms with Crippen molar-refractivity contribution in [3.8, 4) is 5.75 Å². The molecule has 4 rings (SSSR count). The van der Waals surface area contributed by atoms with Gasteiger partial charge in [-0.25, -0.2) is 14.8 Å². The molecule has 0 bridgehead atoms. The van der Waals surface area contributed by atoms with Crippen LogP contribution in [0.4, 0.5) is 16.3 Å². The van der Waals surface area contributed by atoms with E-state index < -0.39 is 0 Å². The van der Waals surface area contributed by atoms with Crippen LogP contribution < -0.4 is 25.6 Å². The van der Waals surface area contributed by atoms with Gasteiger partial charge in [-0.3, -0.25) is 9.69 Å². The summed E-state index contributed by atoms with van der Waals surface area (Å²) in [5.41, 5.74) is 2.11. The van der Waals surface area contributed by atoms with Crippen molar-refractivity contribution in [1.29, 1.82) is 0 Å². The largest absolute Gasteiger partial charge is 0.494 e. The molecule has 9 nitrogen and oxygen atoms in total. The molecule has 2 heterocycles. The van der Waals surface area contributed by atoms with Gasteiger partial charge in [-0.1, -0.05) is 30.3 Å². The van der Waals surface area contributed by atoms with E-state index in [9.17, 15) is 9.59 Å². The van der Waals surface area contributed by atoms with Crippen LogP contribution >= 0.6 is 0 Å². The molecule has 3 amide bonds. The zero-order chi connectivity index (χ0) is 22.5. The van der Waals surface area contributed by atoms with Gasteiger partial charge < -0.3 is 20.7 Å². The summed E-state index contributed by atoms with van der Waals surface area (Å²) in [4.78, 5) is 35.5. The van der Waals surface area contributed by atoms with E-state index in [0.717, 1.165) is 24.9 Å². The van der Waals surface area contributed by atoms with Gasteiger partial charge in [0.05, 0.1) is 24.4 Å². The fourth-order valence-corrected chi connectivity index (χ4v) is 3.72. The maximum Gasteiger partial charge on any atom is 0.323 e. The molecule has 1 saturated heterocycles. The molecule has 0 aliphatic carbocycles. The molecule has 1 aliphatic heterocycles. The van der Waals surface area contributed by atoms with E-state index in [1.807, 2.05) is 30.3 Å². The average molecular weight is 435 g/mol. The third kappa shape index (κ3) is 4.62. The Bertz CT molecular complexity index is 1120. The molecular formula is C23H26N6O3. The maximum absolute atomic E-state index is 12.8. The maximum atomic E-state index is 12.8. The summed E-state index contributed by atoms with van der Waals surface area (Å²) in [5, 5.41) is 9.64. The number of carbonyl (C=O) groups is 2. The molecular weight excluding hydrogens is 408 g/mol. The van der Waals surface area contributed by atoms with Crippen LogP contribution in [0, 0.1) is 0 Å². The van der Waals surface area contributed by atoms with Gasteiger partial charge in [0.1, 0.15) is 17.9 Å². The Hall–Kier alpha value is -3.72. The summed E-state index contributed by atoms with van der Waals surface area (Å²) in [6.07, 6.45) is 3.16. The third-order valence-corrected chi connectivity index (χ3v) is 5.48. The number of amides is 3. The zero-order valence-electron chi connectivity index (χ0n) is 18.1. The highest BCUT2D eigenvalue weighted by molar-refractivity contribution is 6.04. The zero-order valence-corrected chi connectivity index (χ0v) is 18.1. The lowest BCUT2D eigenvalue weighted by atomic mass is 10.1. The summed E-state index contributed by atoms with van der Waals surface area (Å²) in [6, 6.07) is 12.6. The van der Waals surface area contributed by atoms with Crippen molar-refractivity contribution < 1.29 is 14.3 Å². The van der Waals surface area contributed by atoms with E-state index >= 15 is 0 Å². The van der Waals surface area contributed by atoms with E-state index in [0.29, 0.717) is 34.7 Å². The number of urea groups is 1. The molecule has 0 unspecified atom stereocenters. The van der Waals surface area contributed by atoms with E-state index in [4.69, 9.17) is 4.74 Å². The summed E-state index contributed by atoms with van der Waals surface area (Å²) in [5.74, 6) is 0.801. The Labute approximate surface area is 186 Å². The summed E-state index contributed by atoms with van der Waals surface area (Å²) < 4.78 is 5.46. The normalized spacial score (nSPS) is 15.4. The summed E-state index contributed by atoms with van der Waals surface area (Å²) in [6.45, 7) is 1.23. The SMILES string of the molecule is COc1cc2ncnc(N(C)C(=O)NCc3ccccc3)c2cc1NC(=O)[C@@H]1CCCN1. The van der Waals surface area contributed by atoms with Gasteiger partial charge in [0.15, 0.2) is 0 Å². The predicted octanol–water partition coefficient (Wildman–Crippen LogP) is 2.67. The molecule has 1 aromatic heterocycles. The summed E-state index contributed by atoms with van der Waals surface area (Å²) >= 11 is 0. The number of carbonyl (C=O) groups excluding carboxylic acids is 2. The van der Waals surface area contributed by atoms with E-state index in [2.05, 4.69) is 25.9 Å². The number of fused-ring (bicyclic) bond motifs is 1. The van der Waals surface area contributed by atoms with Crippen molar-refractivity contribution in [3.63, 3.8) is 0 Å². The number of nitrogens with zero attached hydrogens (tertiary/aromatic N) is 3. The van der Waals surface area contributed by atoms with Crippen LogP contribution in [0.25, 0.3) is 10.9 Å². The van der Waals surface area contributed by atoms with E-state index in [-0.39, 0.29) is 18.0 Å². The van der Waals surface area contributed by atoms with Crippen LogP contribution in [0.15, 0.2) is 48.8 Å². The predicted molar refractivity (Wildman–Crippen MR) is 123 cm³/mol. The van der Waals surface area contributed by atoms with Gasteiger partial charge in [-0.2, -0.15) is 0 Å². The Kier molecular flexibility index (Phi) is 6.46. The highest BCUT2D eigenvalue weighted by atomic mass is 16.5. The second-order valence-corrected chi connectivity index (χ2v) is 7.61. The van der Waals surface area contributed by atoms with Crippen molar-refractivity contribution in [3.05, 3.63) is 54.4 Å². The molecule has 3 N–H and O–H groups in total. The number of nitrogens with one attached hydrogen (secondary N) is 3. The lowest BCUT2D eigenvalue weighted by molar-refractivity contribution is -0.117. The fourth-order valence-electron chi connectivity index (χ4n) is 3.72. The lowest BCUT2D eigenvalue weighted by Gasteiger charge is -2.20. The number of rotatable bonds is 6. The van der Waals surface area contributed by atoms with Crippen LogP contribution in [0.2, 0.25) is 0 Å². The molecule has 2 aromatic carbocycles. The molecule has 0 radical (unpaired) electrons. The first-order valence-electron chi connectivity index (χ1n) is 10.5. The van der Waals surface area contributed by atoms with Gasteiger partial charge >= 0.3 is 6.03 Å². The van der Waals surface area contributed by atoms with Gasteiger partial charge in [0.2, 0.25) is 5.91 Å². The number of hydrogen-bond acceptors (Lipinski definition) is 6. The van der Waals surface area contributed by atoms with Crippen molar-refractivity contribution in [2.24, 2.45) is 0 Å². The van der Waals surface area contributed by atoms with Crippen molar-refractivity contribution in [2.75, 3.05) is 30.9 Å². The molecule has 0 spiro atoms. The first-order chi connectivity index (χ1) is 15.6. The minimum Gasteiger partial charge on any atom is -0.494 e. The van der Waals surface area contributed by atoms with E-state index in [1.165, 1.54) is 18.3 Å². The van der Waals surface area contributed by atoms with Crippen molar-refractivity contribution in [1.82, 2.24) is 20.6 Å². The fraction of sp³-hybridized carbons (Fsp3) is 0.304. The topological polar surface area (TPSA) is 108 Å². The highest BCUT2D eigenvalue weighted by Crippen LogP contribution is 2.33. The number of methoxy groups -OCH3 is 1. The number of anilines is 2. The Morgan fingerprint density at radius 1 is 1.22 bits per heavy atom. The molecule has 9 heteroatoms. The first kappa shape index (κ1) is 21.5. The summed E-state index contributed by atoms with van der Waals surface area (Å²) in [7, 11) is 3.18. The van der Waals surface area contributed by atoms with Crippen LogP contribution in [-0.4, -0.2) is 48.7 Å². The molecule has 32 heavy (non-hydrogen) atoms. The van der Waals surface area contributed by atoms with Gasteiger partial charge in [-0.05, 0) is 31.0 Å². The number of ether oxygens (including phenoxy) is 1. The lowest BCUT2D eigenvalue weighted by Crippen LogP contribution is -2.37. The van der Waals surface area contributed by atoms with Gasteiger partial charge in [0, 0.05) is 25.0 Å². The van der Waals surface area contributed by atoms with Crippen molar-refractivity contribution in [2.45, 2.75) is 25.4 Å². The minimum absolute atomic E-state index is 0.118. The van der Waals surface area contributed by atoms with Crippen LogP contribution in [-0.2, 0) is 11.3 Å². The van der Waals surface area contributed by atoms with Crippen LogP contribution in [0.1, 0.15) is 18.4 Å². The van der Waals surface area contributed by atoms with Crippen LogP contribution in [0.5, 0.6) is 5.75 Å². The van der Waals surface area contributed by atoms with Gasteiger partial charge in [0.25, 0.3) is 0 Å². The third-order valence-electron chi connectivity index (χ3n) is 5.48. The Morgan fingerprint density at radius 3 is 2.75 bits per heavy atom. The first-order valence-corrected chi connectivity index (χ1v) is 10.5. The van der Waals surface area contributed by atoms with Gasteiger partial charge in [-0.15, -0.1) is 0 Å². The van der Waals surface area contributed by atoms with Crippen molar-refractivity contribution >= 4 is 34.3 Å². The molecule has 0 saturated carbocycles. The molecule has 166 valence electrons.